The number of aromatic nitrogens is 3. The van der Waals surface area contributed by atoms with Crippen molar-refractivity contribution < 1.29 is 9.53 Å². The topological polar surface area (TPSA) is 69.0 Å². The number of nitrogens with zero attached hydrogens (tertiary/aromatic N) is 3. The summed E-state index contributed by atoms with van der Waals surface area (Å²) >= 11 is 1.55. The molecule has 6 nitrogen and oxygen atoms in total. The molecule has 0 saturated carbocycles. The van der Waals surface area contributed by atoms with Crippen LogP contribution in [-0.2, 0) is 28.9 Å². The summed E-state index contributed by atoms with van der Waals surface area (Å²) in [5.41, 5.74) is 0.813. The lowest BCUT2D eigenvalue weighted by atomic mass is 10.1. The van der Waals surface area contributed by atoms with E-state index in [1.54, 1.807) is 11.3 Å². The van der Waals surface area contributed by atoms with Crippen molar-refractivity contribution in [2.24, 2.45) is 0 Å². The Bertz CT molecular complexity index is 667. The standard InChI is InChI=1S/C16H22N4O2S/c1-3-22-11(2)16-19-13(10-23-16)8-15(21)18-12-4-5-14-17-6-7-20(14)9-12/h6-7,10-12H,3-5,8-9H2,1-2H3,(H,18,21)/t11-,12-/m0/s1. The molecule has 0 aromatic carbocycles. The highest BCUT2D eigenvalue weighted by atomic mass is 32.1. The Balaban J connectivity index is 1.52. The van der Waals surface area contributed by atoms with Gasteiger partial charge in [0.25, 0.3) is 0 Å². The monoisotopic (exact) mass is 334 g/mol. The van der Waals surface area contributed by atoms with Crippen LogP contribution < -0.4 is 5.32 Å². The lowest BCUT2D eigenvalue weighted by Crippen LogP contribution is -2.41. The Morgan fingerprint density at radius 3 is 3.30 bits per heavy atom. The van der Waals surface area contributed by atoms with Gasteiger partial charge in [0.1, 0.15) is 16.9 Å². The number of hydrogen-bond acceptors (Lipinski definition) is 5. The maximum absolute atomic E-state index is 12.2. The van der Waals surface area contributed by atoms with Gasteiger partial charge in [0.05, 0.1) is 12.1 Å². The quantitative estimate of drug-likeness (QED) is 0.878. The van der Waals surface area contributed by atoms with E-state index in [1.807, 2.05) is 31.6 Å². The molecule has 0 unspecified atom stereocenters. The number of rotatable bonds is 6. The maximum atomic E-state index is 12.2. The molecule has 3 rings (SSSR count). The largest absolute Gasteiger partial charge is 0.372 e. The van der Waals surface area contributed by atoms with Crippen molar-refractivity contribution in [3.63, 3.8) is 0 Å². The zero-order valence-electron chi connectivity index (χ0n) is 13.5. The highest BCUT2D eigenvalue weighted by Gasteiger charge is 2.21. The maximum Gasteiger partial charge on any atom is 0.226 e. The van der Waals surface area contributed by atoms with E-state index in [0.29, 0.717) is 13.0 Å². The molecule has 0 fully saturated rings. The molecule has 0 saturated heterocycles. The van der Waals surface area contributed by atoms with Gasteiger partial charge in [0, 0.05) is 43.4 Å². The Kier molecular flexibility index (Phi) is 5.07. The van der Waals surface area contributed by atoms with Gasteiger partial charge in [0.2, 0.25) is 5.91 Å². The smallest absolute Gasteiger partial charge is 0.226 e. The van der Waals surface area contributed by atoms with Crippen molar-refractivity contribution >= 4 is 17.2 Å². The van der Waals surface area contributed by atoms with Crippen LogP contribution in [0.2, 0.25) is 0 Å². The third-order valence-corrected chi connectivity index (χ3v) is 5.03. The average molecular weight is 334 g/mol. The normalized spacial score (nSPS) is 18.4. The molecule has 0 bridgehead atoms. The second kappa shape index (κ2) is 7.23. The lowest BCUT2D eigenvalue weighted by Gasteiger charge is -2.24. The van der Waals surface area contributed by atoms with E-state index >= 15 is 0 Å². The number of imidazole rings is 1. The number of aryl methyl sites for hydroxylation is 1. The fourth-order valence-corrected chi connectivity index (χ4v) is 3.66. The third kappa shape index (κ3) is 3.97. The van der Waals surface area contributed by atoms with Crippen LogP contribution in [0.3, 0.4) is 0 Å². The molecule has 1 aliphatic rings. The molecule has 23 heavy (non-hydrogen) atoms. The summed E-state index contributed by atoms with van der Waals surface area (Å²) in [6.45, 7) is 5.41. The van der Waals surface area contributed by atoms with Crippen LogP contribution in [0.4, 0.5) is 0 Å². The fourth-order valence-electron chi connectivity index (χ4n) is 2.84. The van der Waals surface area contributed by atoms with Gasteiger partial charge in [-0.15, -0.1) is 11.3 Å². The van der Waals surface area contributed by atoms with Crippen LogP contribution in [0.5, 0.6) is 0 Å². The molecule has 0 radical (unpaired) electrons. The molecule has 2 aromatic heterocycles. The van der Waals surface area contributed by atoms with Gasteiger partial charge in [-0.2, -0.15) is 0 Å². The van der Waals surface area contributed by atoms with E-state index in [9.17, 15) is 4.79 Å². The summed E-state index contributed by atoms with van der Waals surface area (Å²) in [6, 6.07) is 0.171. The molecule has 1 amide bonds. The van der Waals surface area contributed by atoms with Gasteiger partial charge in [-0.1, -0.05) is 0 Å². The van der Waals surface area contributed by atoms with Gasteiger partial charge in [0.15, 0.2) is 0 Å². The van der Waals surface area contributed by atoms with Crippen molar-refractivity contribution in [3.05, 3.63) is 34.3 Å². The first kappa shape index (κ1) is 16.1. The molecular weight excluding hydrogens is 312 g/mol. The number of amides is 1. The summed E-state index contributed by atoms with van der Waals surface area (Å²) in [7, 11) is 0. The molecule has 2 atom stereocenters. The number of ether oxygens (including phenoxy) is 1. The minimum atomic E-state index is -0.0141. The summed E-state index contributed by atoms with van der Waals surface area (Å²) < 4.78 is 7.64. The van der Waals surface area contributed by atoms with E-state index in [-0.39, 0.29) is 18.1 Å². The molecule has 0 aliphatic carbocycles. The van der Waals surface area contributed by atoms with Crippen molar-refractivity contribution in [2.75, 3.05) is 6.61 Å². The first-order chi connectivity index (χ1) is 11.2. The Labute approximate surface area is 139 Å². The van der Waals surface area contributed by atoms with E-state index < -0.39 is 0 Å². The van der Waals surface area contributed by atoms with Gasteiger partial charge >= 0.3 is 0 Å². The molecular formula is C16H22N4O2S. The zero-order chi connectivity index (χ0) is 16.2. The molecule has 7 heteroatoms. The van der Waals surface area contributed by atoms with Crippen molar-refractivity contribution in [1.82, 2.24) is 19.9 Å². The van der Waals surface area contributed by atoms with Crippen molar-refractivity contribution in [2.45, 2.75) is 51.8 Å². The highest BCUT2D eigenvalue weighted by molar-refractivity contribution is 7.09. The number of carbonyl (C=O) groups excluding carboxylic acids is 1. The third-order valence-electron chi connectivity index (χ3n) is 3.98. The molecule has 1 aliphatic heterocycles. The van der Waals surface area contributed by atoms with E-state index in [0.717, 1.165) is 35.9 Å². The minimum Gasteiger partial charge on any atom is -0.372 e. The number of nitrogens with one attached hydrogen (secondary N) is 1. The van der Waals surface area contributed by atoms with Crippen LogP contribution >= 0.6 is 11.3 Å². The second-order valence-electron chi connectivity index (χ2n) is 5.75. The van der Waals surface area contributed by atoms with Crippen LogP contribution in [0.25, 0.3) is 0 Å². The Morgan fingerprint density at radius 1 is 1.61 bits per heavy atom. The average Bonchev–Trinajstić information content (AvgIpc) is 3.15. The predicted octanol–water partition coefficient (Wildman–Crippen LogP) is 2.11. The lowest BCUT2D eigenvalue weighted by molar-refractivity contribution is -0.121. The van der Waals surface area contributed by atoms with Gasteiger partial charge in [-0.25, -0.2) is 9.97 Å². The second-order valence-corrected chi connectivity index (χ2v) is 6.64. The van der Waals surface area contributed by atoms with Crippen molar-refractivity contribution in [3.8, 4) is 0 Å². The number of carbonyl (C=O) groups is 1. The Morgan fingerprint density at radius 2 is 2.48 bits per heavy atom. The van der Waals surface area contributed by atoms with E-state index in [1.165, 1.54) is 0 Å². The van der Waals surface area contributed by atoms with Gasteiger partial charge in [-0.3, -0.25) is 4.79 Å². The Hall–Kier alpha value is -1.73. The number of thiazole rings is 1. The fraction of sp³-hybridized carbons (Fsp3) is 0.562. The van der Waals surface area contributed by atoms with Crippen molar-refractivity contribution in [1.29, 1.82) is 0 Å². The summed E-state index contributed by atoms with van der Waals surface area (Å²) in [4.78, 5) is 21.0. The van der Waals surface area contributed by atoms with Crippen LogP contribution in [0.15, 0.2) is 17.8 Å². The first-order valence-corrected chi connectivity index (χ1v) is 8.89. The van der Waals surface area contributed by atoms with E-state index in [4.69, 9.17) is 4.74 Å². The van der Waals surface area contributed by atoms with Crippen LogP contribution in [0, 0.1) is 0 Å². The first-order valence-electron chi connectivity index (χ1n) is 8.01. The van der Waals surface area contributed by atoms with Gasteiger partial charge < -0.3 is 14.6 Å². The molecule has 0 spiro atoms. The molecule has 1 N–H and O–H groups in total. The van der Waals surface area contributed by atoms with Crippen LogP contribution in [-0.4, -0.2) is 33.1 Å². The predicted molar refractivity (Wildman–Crippen MR) is 88.3 cm³/mol. The summed E-state index contributed by atoms with van der Waals surface area (Å²) in [5, 5.41) is 5.98. The summed E-state index contributed by atoms with van der Waals surface area (Å²) in [6.07, 6.45) is 5.94. The van der Waals surface area contributed by atoms with E-state index in [2.05, 4.69) is 19.9 Å². The van der Waals surface area contributed by atoms with Gasteiger partial charge in [-0.05, 0) is 20.3 Å². The molecule has 2 aromatic rings. The minimum absolute atomic E-state index is 0.0141. The number of fused-ring (bicyclic) bond motifs is 1. The summed E-state index contributed by atoms with van der Waals surface area (Å²) in [5.74, 6) is 1.13. The molecule has 3 heterocycles. The zero-order valence-corrected chi connectivity index (χ0v) is 14.3. The highest BCUT2D eigenvalue weighted by Crippen LogP contribution is 2.21. The SMILES string of the molecule is CCO[C@@H](C)c1nc(CC(=O)N[C@H]2CCc3nccn3C2)cs1. The number of hydrogen-bond donors (Lipinski definition) is 1. The molecule has 124 valence electrons. The van der Waals surface area contributed by atoms with Crippen LogP contribution in [0.1, 0.15) is 42.9 Å².